The smallest absolute Gasteiger partial charge is 0.354 e. The number of piperidine rings is 1. The van der Waals surface area contributed by atoms with Crippen LogP contribution in [0.1, 0.15) is 116 Å². The number of pyridine rings is 1. The number of hydrogen-bond acceptors (Lipinski definition) is 7. The molecular weight excluding hydrogens is 618 g/mol. The molecule has 0 radical (unpaired) electrons. The number of carboxylic acid groups (broad SMARTS) is 1. The number of rotatable bonds is 16. The Hall–Kier alpha value is -4.24. The predicted octanol–water partition coefficient (Wildman–Crippen LogP) is 7.13. The zero-order valence-corrected chi connectivity index (χ0v) is 29.1. The van der Waals surface area contributed by atoms with Crippen LogP contribution in [0, 0.1) is 0 Å². The number of aromatic carboxylic acids is 1. The van der Waals surface area contributed by atoms with Crippen molar-refractivity contribution < 1.29 is 29.0 Å². The number of ether oxygens (including phenoxy) is 2. The molecular formula is C40H51N3O6. The minimum Gasteiger partial charge on any atom is -0.489 e. The molecule has 0 saturated carbocycles. The number of nitrogens with zero attached hydrogens (tertiary/aromatic N) is 3. The van der Waals surface area contributed by atoms with Crippen LogP contribution in [0.5, 0.6) is 5.75 Å². The van der Waals surface area contributed by atoms with Gasteiger partial charge in [-0.2, -0.15) is 0 Å². The number of benzene rings is 2. The molecule has 262 valence electrons. The molecule has 2 heterocycles. The van der Waals surface area contributed by atoms with Crippen LogP contribution in [0.2, 0.25) is 0 Å². The molecule has 1 amide bonds. The van der Waals surface area contributed by atoms with Crippen LogP contribution in [0.15, 0.2) is 60.7 Å². The van der Waals surface area contributed by atoms with Crippen molar-refractivity contribution >= 4 is 17.8 Å². The lowest BCUT2D eigenvalue weighted by atomic mass is 9.89. The van der Waals surface area contributed by atoms with Gasteiger partial charge in [-0.25, -0.2) is 9.78 Å². The average Bonchev–Trinajstić information content (AvgIpc) is 3.13. The average molecular weight is 670 g/mol. The van der Waals surface area contributed by atoms with Crippen LogP contribution >= 0.6 is 0 Å². The van der Waals surface area contributed by atoms with E-state index in [1.165, 1.54) is 5.56 Å². The number of aromatic nitrogens is 1. The number of esters is 1. The Labute approximate surface area is 290 Å². The number of carbonyl (C=O) groups is 3. The summed E-state index contributed by atoms with van der Waals surface area (Å²) in [6.07, 6.45) is 8.09. The van der Waals surface area contributed by atoms with E-state index in [4.69, 9.17) is 9.47 Å². The van der Waals surface area contributed by atoms with E-state index in [9.17, 15) is 19.5 Å². The molecule has 2 aromatic carbocycles. The van der Waals surface area contributed by atoms with Crippen molar-refractivity contribution in [3.05, 3.63) is 94.3 Å². The summed E-state index contributed by atoms with van der Waals surface area (Å²) in [7, 11) is 0. The lowest BCUT2D eigenvalue weighted by Gasteiger charge is -2.36. The standard InChI is InChI=1S/C40H51N3O6/c1-3-38(44)43-26-21-31(22-27-43)30-17-15-29(16-18-30)28-49-37-13-6-5-10-32(37)23-25-42(24-8-7-14-39(45)48-4-2)36-12-9-11-34-33(36)19-20-35(41-34)40(46)47/h5-6,10,13,15-20,31,36H,3-4,7-9,11-12,14,21-28H2,1-2H3,(H,46,47). The summed E-state index contributed by atoms with van der Waals surface area (Å²) >= 11 is 0. The second-order valence-electron chi connectivity index (χ2n) is 13.1. The zero-order chi connectivity index (χ0) is 34.6. The number of carboxylic acids is 1. The highest BCUT2D eigenvalue weighted by molar-refractivity contribution is 5.85. The minimum absolute atomic E-state index is 0.0894. The maximum absolute atomic E-state index is 12.1. The molecule has 0 spiro atoms. The minimum atomic E-state index is -1.00. The molecule has 1 fully saturated rings. The van der Waals surface area contributed by atoms with Crippen LogP contribution in [0.25, 0.3) is 0 Å². The molecule has 1 unspecified atom stereocenters. The van der Waals surface area contributed by atoms with E-state index in [1.807, 2.05) is 43.0 Å². The molecule has 3 aromatic rings. The van der Waals surface area contributed by atoms with Gasteiger partial charge in [-0.15, -0.1) is 0 Å². The maximum Gasteiger partial charge on any atom is 0.354 e. The highest BCUT2D eigenvalue weighted by Crippen LogP contribution is 2.35. The Bertz CT molecular complexity index is 1550. The molecule has 1 N–H and O–H groups in total. The van der Waals surface area contributed by atoms with Gasteiger partial charge in [0.15, 0.2) is 0 Å². The Morgan fingerprint density at radius 3 is 2.45 bits per heavy atom. The summed E-state index contributed by atoms with van der Waals surface area (Å²) in [4.78, 5) is 44.6. The van der Waals surface area contributed by atoms with Crippen molar-refractivity contribution in [2.75, 3.05) is 32.8 Å². The SMILES string of the molecule is CCOC(=O)CCCCN(CCc1ccccc1OCc1ccc(C2CCN(C(=O)CC)CC2)cc1)C1CCCc2nc(C(=O)O)ccc21. The van der Waals surface area contributed by atoms with Crippen LogP contribution in [-0.4, -0.2) is 70.5 Å². The Kier molecular flexibility index (Phi) is 13.2. The van der Waals surface area contributed by atoms with Crippen molar-refractivity contribution in [3.63, 3.8) is 0 Å². The first kappa shape index (κ1) is 36.1. The number of unbranched alkanes of at least 4 members (excludes halogenated alkanes) is 1. The van der Waals surface area contributed by atoms with Gasteiger partial charge in [-0.05, 0) is 105 Å². The number of likely N-dealkylation sites (tertiary alicyclic amines) is 1. The second-order valence-corrected chi connectivity index (χ2v) is 13.1. The summed E-state index contributed by atoms with van der Waals surface area (Å²) in [5.41, 5.74) is 5.65. The van der Waals surface area contributed by atoms with Gasteiger partial charge < -0.3 is 19.5 Å². The fourth-order valence-corrected chi connectivity index (χ4v) is 7.22. The van der Waals surface area contributed by atoms with E-state index >= 15 is 0 Å². The zero-order valence-electron chi connectivity index (χ0n) is 29.1. The van der Waals surface area contributed by atoms with Gasteiger partial charge >= 0.3 is 11.9 Å². The molecule has 9 heteroatoms. The highest BCUT2D eigenvalue weighted by atomic mass is 16.5. The third-order valence-electron chi connectivity index (χ3n) is 9.94. The van der Waals surface area contributed by atoms with Gasteiger partial charge in [-0.1, -0.05) is 55.5 Å². The third kappa shape index (κ3) is 9.91. The monoisotopic (exact) mass is 669 g/mol. The first-order valence-corrected chi connectivity index (χ1v) is 18.1. The maximum atomic E-state index is 12.1. The first-order valence-electron chi connectivity index (χ1n) is 18.1. The van der Waals surface area contributed by atoms with Crippen molar-refractivity contribution in [2.24, 2.45) is 0 Å². The number of aryl methyl sites for hydroxylation is 1. The third-order valence-corrected chi connectivity index (χ3v) is 9.94. The number of hydrogen-bond donors (Lipinski definition) is 1. The van der Waals surface area contributed by atoms with Gasteiger partial charge in [0.25, 0.3) is 0 Å². The number of para-hydroxylation sites is 1. The van der Waals surface area contributed by atoms with Gasteiger partial charge in [0.05, 0.1) is 6.61 Å². The van der Waals surface area contributed by atoms with Gasteiger partial charge in [0, 0.05) is 44.2 Å². The van der Waals surface area contributed by atoms with E-state index in [1.54, 1.807) is 6.07 Å². The fourth-order valence-electron chi connectivity index (χ4n) is 7.22. The topological polar surface area (TPSA) is 109 Å². The van der Waals surface area contributed by atoms with Crippen molar-refractivity contribution in [3.8, 4) is 5.75 Å². The molecule has 1 aliphatic heterocycles. The number of amides is 1. The summed E-state index contributed by atoms with van der Waals surface area (Å²) < 4.78 is 11.5. The molecule has 1 aliphatic carbocycles. The van der Waals surface area contributed by atoms with Crippen molar-refractivity contribution in [1.29, 1.82) is 0 Å². The summed E-state index contributed by atoms with van der Waals surface area (Å²) in [5, 5.41) is 9.50. The summed E-state index contributed by atoms with van der Waals surface area (Å²) in [6, 6.07) is 20.6. The Morgan fingerprint density at radius 1 is 0.939 bits per heavy atom. The molecule has 2 aliphatic rings. The van der Waals surface area contributed by atoms with Crippen LogP contribution in [-0.2, 0) is 33.8 Å². The summed E-state index contributed by atoms with van der Waals surface area (Å²) in [6.45, 7) is 7.90. The number of fused-ring (bicyclic) bond motifs is 1. The number of carbonyl (C=O) groups excluding carboxylic acids is 2. The summed E-state index contributed by atoms with van der Waals surface area (Å²) in [5.74, 6) is 0.441. The van der Waals surface area contributed by atoms with E-state index in [-0.39, 0.29) is 23.6 Å². The molecule has 1 aromatic heterocycles. The van der Waals surface area contributed by atoms with E-state index in [2.05, 4.69) is 40.2 Å². The van der Waals surface area contributed by atoms with Gasteiger partial charge in [0.1, 0.15) is 18.1 Å². The lowest BCUT2D eigenvalue weighted by Crippen LogP contribution is -2.37. The Balaban J connectivity index is 1.22. The van der Waals surface area contributed by atoms with Crippen LogP contribution in [0.4, 0.5) is 0 Å². The quantitative estimate of drug-likeness (QED) is 0.127. The largest absolute Gasteiger partial charge is 0.489 e. The highest BCUT2D eigenvalue weighted by Gasteiger charge is 2.28. The van der Waals surface area contributed by atoms with Crippen molar-refractivity contribution in [2.45, 2.75) is 96.6 Å². The van der Waals surface area contributed by atoms with Crippen molar-refractivity contribution in [1.82, 2.24) is 14.8 Å². The van der Waals surface area contributed by atoms with Gasteiger partial charge in [-0.3, -0.25) is 14.5 Å². The Morgan fingerprint density at radius 2 is 1.71 bits per heavy atom. The van der Waals surface area contributed by atoms with Crippen LogP contribution < -0.4 is 4.74 Å². The fraction of sp³-hybridized carbons (Fsp3) is 0.500. The molecule has 5 rings (SSSR count). The molecule has 1 atom stereocenters. The molecule has 1 saturated heterocycles. The molecule has 9 nitrogen and oxygen atoms in total. The molecule has 0 bridgehead atoms. The van der Waals surface area contributed by atoms with Gasteiger partial charge in [0.2, 0.25) is 5.91 Å². The predicted molar refractivity (Wildman–Crippen MR) is 189 cm³/mol. The van der Waals surface area contributed by atoms with Crippen LogP contribution in [0.3, 0.4) is 0 Å². The molecule has 49 heavy (non-hydrogen) atoms. The second kappa shape index (κ2) is 18.0. The van der Waals surface area contributed by atoms with E-state index < -0.39 is 5.97 Å². The lowest BCUT2D eigenvalue weighted by molar-refractivity contribution is -0.143. The van der Waals surface area contributed by atoms with E-state index in [0.29, 0.717) is 32.0 Å². The first-order chi connectivity index (χ1) is 23.9. The van der Waals surface area contributed by atoms with E-state index in [0.717, 1.165) is 106 Å². The normalized spacial score (nSPS) is 16.3.